The van der Waals surface area contributed by atoms with Crippen LogP contribution in [0.1, 0.15) is 49.9 Å². The zero-order valence-electron chi connectivity index (χ0n) is 19.2. The minimum absolute atomic E-state index is 0.0274. The lowest BCUT2D eigenvalue weighted by molar-refractivity contribution is -0.114. The molecule has 0 unspecified atom stereocenters. The number of nitriles is 1. The number of thiazole rings is 1. The van der Waals surface area contributed by atoms with Crippen LogP contribution in [0.3, 0.4) is 0 Å². The van der Waals surface area contributed by atoms with Gasteiger partial charge in [-0.1, -0.05) is 18.2 Å². The first-order valence-electron chi connectivity index (χ1n) is 11.0. The van der Waals surface area contributed by atoms with E-state index in [4.69, 9.17) is 4.74 Å². The number of carbonyl (C=O) groups is 1. The molecule has 1 N–H and O–H groups in total. The van der Waals surface area contributed by atoms with Crippen molar-refractivity contribution in [2.75, 3.05) is 5.75 Å². The number of benzene rings is 2. The van der Waals surface area contributed by atoms with Gasteiger partial charge in [-0.05, 0) is 68.5 Å². The van der Waals surface area contributed by atoms with Gasteiger partial charge < -0.3 is 4.74 Å². The fourth-order valence-corrected chi connectivity index (χ4v) is 6.43. The van der Waals surface area contributed by atoms with E-state index < -0.39 is 15.8 Å². The highest BCUT2D eigenvalue weighted by Crippen LogP contribution is 2.41. The van der Waals surface area contributed by atoms with Gasteiger partial charge in [0.05, 0.1) is 16.5 Å². The van der Waals surface area contributed by atoms with Crippen molar-refractivity contribution in [2.45, 2.75) is 45.8 Å². The van der Waals surface area contributed by atoms with E-state index in [9.17, 15) is 18.5 Å². The number of sulfonamides is 1. The molecule has 0 saturated heterocycles. The second-order valence-electron chi connectivity index (χ2n) is 8.56. The van der Waals surface area contributed by atoms with Crippen LogP contribution in [0, 0.1) is 11.3 Å². The van der Waals surface area contributed by atoms with Crippen LogP contribution in [0.25, 0.3) is 21.0 Å². The SMILES string of the molecule is CC(=O)CS(=O)(=O)N[C@H]1CCc2c(-c3cnc(-c4ccc(OC(C)C)c(C#N)c4)s3)cccc21. The molecule has 0 radical (unpaired) electrons. The van der Waals surface area contributed by atoms with Gasteiger partial charge in [0.25, 0.3) is 0 Å². The Labute approximate surface area is 203 Å². The molecule has 0 fully saturated rings. The molecule has 0 aliphatic heterocycles. The summed E-state index contributed by atoms with van der Waals surface area (Å²) in [6.07, 6.45) is 3.15. The lowest BCUT2D eigenvalue weighted by Gasteiger charge is -2.14. The monoisotopic (exact) mass is 495 g/mol. The maximum atomic E-state index is 12.3. The molecule has 9 heteroatoms. The van der Waals surface area contributed by atoms with Gasteiger partial charge in [0.2, 0.25) is 10.0 Å². The summed E-state index contributed by atoms with van der Waals surface area (Å²) in [7, 11) is -3.68. The molecule has 0 bridgehead atoms. The van der Waals surface area contributed by atoms with Crippen molar-refractivity contribution in [1.82, 2.24) is 9.71 Å². The number of carbonyl (C=O) groups excluding carboxylic acids is 1. The van der Waals surface area contributed by atoms with Crippen LogP contribution in [0.5, 0.6) is 5.75 Å². The summed E-state index contributed by atoms with van der Waals surface area (Å²) in [6.45, 7) is 5.10. The second-order valence-corrected chi connectivity index (χ2v) is 11.3. The Kier molecular flexibility index (Phi) is 6.84. The summed E-state index contributed by atoms with van der Waals surface area (Å²) in [6, 6.07) is 13.2. The molecule has 34 heavy (non-hydrogen) atoms. The van der Waals surface area contributed by atoms with Crippen LogP contribution in [-0.2, 0) is 21.2 Å². The summed E-state index contributed by atoms with van der Waals surface area (Å²) in [5.74, 6) is -0.347. The molecule has 3 aromatic rings. The van der Waals surface area contributed by atoms with E-state index in [-0.39, 0.29) is 17.9 Å². The predicted octanol–water partition coefficient (Wildman–Crippen LogP) is 4.63. The summed E-state index contributed by atoms with van der Waals surface area (Å²) in [5, 5.41) is 10.3. The van der Waals surface area contributed by atoms with Crippen molar-refractivity contribution >= 4 is 27.1 Å². The minimum Gasteiger partial charge on any atom is -0.490 e. The van der Waals surface area contributed by atoms with Crippen LogP contribution in [0.4, 0.5) is 0 Å². The first-order valence-corrected chi connectivity index (χ1v) is 13.4. The van der Waals surface area contributed by atoms with Gasteiger partial charge in [0.1, 0.15) is 28.4 Å². The molecule has 1 aliphatic carbocycles. The van der Waals surface area contributed by atoms with Crippen molar-refractivity contribution in [3.05, 3.63) is 59.3 Å². The number of ether oxygens (including phenoxy) is 1. The largest absolute Gasteiger partial charge is 0.490 e. The van der Waals surface area contributed by atoms with E-state index >= 15 is 0 Å². The molecule has 4 rings (SSSR count). The molecule has 176 valence electrons. The number of rotatable bonds is 8. The lowest BCUT2D eigenvalue weighted by Crippen LogP contribution is -2.31. The number of nitrogens with one attached hydrogen (secondary N) is 1. The number of hydrogen-bond donors (Lipinski definition) is 1. The van der Waals surface area contributed by atoms with Crippen LogP contribution in [0.15, 0.2) is 42.6 Å². The van der Waals surface area contributed by atoms with Gasteiger partial charge in [0.15, 0.2) is 0 Å². The van der Waals surface area contributed by atoms with E-state index in [1.165, 1.54) is 18.3 Å². The number of Topliss-reactive ketones (excluding diaryl/α,β-unsaturated/α-hetero) is 1. The van der Waals surface area contributed by atoms with Gasteiger partial charge >= 0.3 is 0 Å². The number of nitrogens with zero attached hydrogens (tertiary/aromatic N) is 2. The van der Waals surface area contributed by atoms with E-state index in [0.717, 1.165) is 38.6 Å². The summed E-state index contributed by atoms with van der Waals surface area (Å²) >= 11 is 1.52. The van der Waals surface area contributed by atoms with Crippen molar-refractivity contribution < 1.29 is 17.9 Å². The number of hydrogen-bond acceptors (Lipinski definition) is 7. The lowest BCUT2D eigenvalue weighted by atomic mass is 10.0. The summed E-state index contributed by atoms with van der Waals surface area (Å²) < 4.78 is 33.0. The third kappa shape index (κ3) is 5.20. The smallest absolute Gasteiger partial charge is 0.219 e. The second kappa shape index (κ2) is 9.66. The Bertz CT molecular complexity index is 1390. The molecule has 1 heterocycles. The summed E-state index contributed by atoms with van der Waals surface area (Å²) in [4.78, 5) is 16.9. The fourth-order valence-electron chi connectivity index (χ4n) is 4.17. The Balaban J connectivity index is 1.62. The normalized spacial score (nSPS) is 15.2. The van der Waals surface area contributed by atoms with Gasteiger partial charge in [-0.25, -0.2) is 18.1 Å². The first-order chi connectivity index (χ1) is 16.2. The average molecular weight is 496 g/mol. The van der Waals surface area contributed by atoms with Crippen LogP contribution >= 0.6 is 11.3 Å². The van der Waals surface area contributed by atoms with E-state index in [1.54, 1.807) is 12.1 Å². The van der Waals surface area contributed by atoms with Crippen molar-refractivity contribution in [3.63, 3.8) is 0 Å². The highest BCUT2D eigenvalue weighted by atomic mass is 32.2. The van der Waals surface area contributed by atoms with Gasteiger partial charge in [-0.15, -0.1) is 11.3 Å². The molecule has 0 spiro atoms. The molecule has 1 aliphatic rings. The zero-order chi connectivity index (χ0) is 24.5. The van der Waals surface area contributed by atoms with Crippen molar-refractivity contribution in [1.29, 1.82) is 5.26 Å². The highest BCUT2D eigenvalue weighted by molar-refractivity contribution is 7.90. The number of fused-ring (bicyclic) bond motifs is 1. The zero-order valence-corrected chi connectivity index (χ0v) is 20.8. The predicted molar refractivity (Wildman–Crippen MR) is 132 cm³/mol. The van der Waals surface area contributed by atoms with Crippen LogP contribution in [0.2, 0.25) is 0 Å². The number of ketones is 1. The standard InChI is InChI=1S/C25H25N3O4S2/c1-15(2)32-23-10-7-17(11-18(23)12-26)25-27-13-24(33-25)21-6-4-5-20-19(21)8-9-22(20)28-34(30,31)14-16(3)29/h4-7,10-11,13,15,22,28H,8-9,14H2,1-3H3/t22-/m0/s1. The van der Waals surface area contributed by atoms with Crippen LogP contribution < -0.4 is 9.46 Å². The Hall–Kier alpha value is -3.06. The van der Waals surface area contributed by atoms with Crippen molar-refractivity contribution in [2.24, 2.45) is 0 Å². The topological polar surface area (TPSA) is 109 Å². The average Bonchev–Trinajstić information content (AvgIpc) is 3.40. The van der Waals surface area contributed by atoms with Gasteiger partial charge in [-0.2, -0.15) is 5.26 Å². The maximum absolute atomic E-state index is 12.3. The van der Waals surface area contributed by atoms with Gasteiger partial charge in [-0.3, -0.25) is 4.79 Å². The van der Waals surface area contributed by atoms with Gasteiger partial charge in [0, 0.05) is 17.8 Å². The maximum Gasteiger partial charge on any atom is 0.219 e. The molecule has 1 atom stereocenters. The Morgan fingerprint density at radius 3 is 2.82 bits per heavy atom. The molecule has 2 aromatic carbocycles. The molecule has 0 saturated carbocycles. The molecular formula is C25H25N3O4S2. The first kappa shape index (κ1) is 24.1. The third-order valence-corrected chi connectivity index (χ3v) is 7.98. The Morgan fingerprint density at radius 2 is 2.12 bits per heavy atom. The van der Waals surface area contributed by atoms with E-state index in [0.29, 0.717) is 17.7 Å². The van der Waals surface area contributed by atoms with E-state index in [1.807, 2.05) is 44.3 Å². The molecule has 0 amide bonds. The quantitative estimate of drug-likeness (QED) is 0.488. The highest BCUT2D eigenvalue weighted by Gasteiger charge is 2.29. The summed E-state index contributed by atoms with van der Waals surface area (Å²) in [5.41, 5.74) is 4.35. The van der Waals surface area contributed by atoms with Crippen LogP contribution in [-0.4, -0.2) is 31.0 Å². The van der Waals surface area contributed by atoms with Crippen molar-refractivity contribution in [3.8, 4) is 32.8 Å². The molecule has 1 aromatic heterocycles. The van der Waals surface area contributed by atoms with E-state index in [2.05, 4.69) is 15.8 Å². The molecular weight excluding hydrogens is 470 g/mol. The molecule has 7 nitrogen and oxygen atoms in total. The Morgan fingerprint density at radius 1 is 1.32 bits per heavy atom. The number of aromatic nitrogens is 1. The third-order valence-electron chi connectivity index (χ3n) is 5.47. The minimum atomic E-state index is -3.68. The fraction of sp³-hybridized carbons (Fsp3) is 0.320.